The summed E-state index contributed by atoms with van der Waals surface area (Å²) in [7, 11) is -10.9. The minimum absolute atomic E-state index is 0.0200. The highest BCUT2D eigenvalue weighted by Gasteiger charge is 2.46. The zero-order valence-corrected chi connectivity index (χ0v) is 33.7. The van der Waals surface area contributed by atoms with Crippen LogP contribution >= 0.6 is 0 Å². The van der Waals surface area contributed by atoms with Gasteiger partial charge in [-0.3, -0.25) is 0 Å². The Morgan fingerprint density at radius 3 is 1.22 bits per heavy atom. The van der Waals surface area contributed by atoms with Crippen LogP contribution in [0.4, 0.5) is 0 Å². The second-order valence-corrected chi connectivity index (χ2v) is 44.7. The van der Waals surface area contributed by atoms with E-state index in [1.807, 2.05) is 0 Å². The average molecular weight is 627 g/mol. The molecule has 0 aliphatic heterocycles. The quantitative estimate of drug-likeness (QED) is 0.150. The SMILES string of the molecule is CC(CCC(CO)(CO)CCC(C)[Si](C)(O[Si](C)(C)C)O[Si](C)(C)C)[Si](C)(C[Si](C)(C)C)O[Si](C)(C)C. The zero-order chi connectivity index (χ0) is 29.7. The van der Waals surface area contributed by atoms with Gasteiger partial charge >= 0.3 is 8.56 Å². The predicted molar refractivity (Wildman–Crippen MR) is 179 cm³/mol. The molecule has 2 N–H and O–H groups in total. The van der Waals surface area contributed by atoms with E-state index in [4.69, 9.17) is 12.3 Å². The molecule has 0 aromatic rings. The fraction of sp³-hybridized carbons (Fsp3) is 1.00. The van der Waals surface area contributed by atoms with E-state index in [1.165, 1.54) is 5.67 Å². The highest BCUT2D eigenvalue weighted by Crippen LogP contribution is 2.42. The number of aliphatic hydroxyl groups excluding tert-OH is 2. The Bertz CT molecular complexity index is 589. The standard InChI is InChI=1S/C26H66O5Si6/c1-24(36(15,23-32(3,4)5)29-33(6,7)8)17-19-26(21-27,22-28)20-18-25(2)37(16,30-34(9,10)11)31-35(12,13)14/h24-25,27-28H,17-23H2,1-16H3. The molecule has 0 radical (unpaired) electrons. The lowest BCUT2D eigenvalue weighted by atomic mass is 9.79. The van der Waals surface area contributed by atoms with Crippen LogP contribution in [0.1, 0.15) is 39.5 Å². The van der Waals surface area contributed by atoms with Crippen molar-refractivity contribution in [2.75, 3.05) is 13.2 Å². The van der Waals surface area contributed by atoms with Gasteiger partial charge in [-0.25, -0.2) is 0 Å². The summed E-state index contributed by atoms with van der Waals surface area (Å²) in [5.41, 5.74) is 1.58. The molecule has 3 unspecified atom stereocenters. The molecule has 224 valence electrons. The lowest BCUT2D eigenvalue weighted by molar-refractivity contribution is 0.0352. The zero-order valence-electron chi connectivity index (χ0n) is 27.7. The summed E-state index contributed by atoms with van der Waals surface area (Å²) < 4.78 is 20.6. The number of rotatable bonds is 18. The first-order valence-electron chi connectivity index (χ1n) is 14.5. The van der Waals surface area contributed by atoms with Gasteiger partial charge in [0.2, 0.25) is 0 Å². The minimum Gasteiger partial charge on any atom is -0.456 e. The molecule has 37 heavy (non-hydrogen) atoms. The maximum absolute atomic E-state index is 10.6. The van der Waals surface area contributed by atoms with Crippen molar-refractivity contribution in [3.63, 3.8) is 0 Å². The molecule has 0 spiro atoms. The van der Waals surface area contributed by atoms with E-state index in [0.717, 1.165) is 25.7 Å². The lowest BCUT2D eigenvalue weighted by Gasteiger charge is -2.44. The van der Waals surface area contributed by atoms with Gasteiger partial charge in [0.15, 0.2) is 33.3 Å². The van der Waals surface area contributed by atoms with E-state index in [9.17, 15) is 10.2 Å². The van der Waals surface area contributed by atoms with E-state index in [0.29, 0.717) is 11.1 Å². The second-order valence-electron chi connectivity index (χ2n) is 16.4. The van der Waals surface area contributed by atoms with Crippen LogP contribution in [0.2, 0.25) is 108 Å². The van der Waals surface area contributed by atoms with Gasteiger partial charge in [0.25, 0.3) is 0 Å². The van der Waals surface area contributed by atoms with E-state index in [-0.39, 0.29) is 13.2 Å². The van der Waals surface area contributed by atoms with Crippen LogP contribution in [0.5, 0.6) is 0 Å². The third-order valence-corrected chi connectivity index (χ3v) is 31.2. The average Bonchev–Trinajstić information content (AvgIpc) is 2.62. The lowest BCUT2D eigenvalue weighted by Crippen LogP contribution is -2.55. The van der Waals surface area contributed by atoms with Crippen molar-refractivity contribution in [1.29, 1.82) is 0 Å². The molecule has 0 saturated carbocycles. The fourth-order valence-electron chi connectivity index (χ4n) is 5.61. The number of hydrogen-bond acceptors (Lipinski definition) is 5. The van der Waals surface area contributed by atoms with Crippen molar-refractivity contribution in [3.05, 3.63) is 0 Å². The first kappa shape index (κ1) is 38.1. The van der Waals surface area contributed by atoms with Crippen molar-refractivity contribution in [1.82, 2.24) is 0 Å². The van der Waals surface area contributed by atoms with Crippen molar-refractivity contribution < 1.29 is 22.6 Å². The van der Waals surface area contributed by atoms with Crippen molar-refractivity contribution >= 4 is 49.9 Å². The number of aliphatic hydroxyl groups is 2. The largest absolute Gasteiger partial charge is 0.456 e. The van der Waals surface area contributed by atoms with E-state index in [1.54, 1.807) is 0 Å². The van der Waals surface area contributed by atoms with Crippen LogP contribution in [0.25, 0.3) is 0 Å². The van der Waals surface area contributed by atoms with Gasteiger partial charge in [0, 0.05) is 13.5 Å². The van der Waals surface area contributed by atoms with Gasteiger partial charge in [-0.05, 0) is 108 Å². The summed E-state index contributed by atoms with van der Waals surface area (Å²) >= 11 is 0. The number of hydrogen-bond donors (Lipinski definition) is 2. The van der Waals surface area contributed by atoms with E-state index < -0.39 is 55.3 Å². The van der Waals surface area contributed by atoms with Crippen LogP contribution in [0.3, 0.4) is 0 Å². The van der Waals surface area contributed by atoms with Gasteiger partial charge in [-0.1, -0.05) is 39.9 Å². The molecule has 0 saturated heterocycles. The van der Waals surface area contributed by atoms with Crippen molar-refractivity contribution in [2.45, 2.75) is 148 Å². The highest BCUT2D eigenvalue weighted by molar-refractivity contribution is 6.96. The third-order valence-electron chi connectivity index (χ3n) is 7.26. The molecular formula is C26H66O5Si6. The summed E-state index contributed by atoms with van der Waals surface area (Å²) in [4.78, 5) is 0. The Morgan fingerprint density at radius 2 is 0.919 bits per heavy atom. The molecule has 0 heterocycles. The molecule has 0 rings (SSSR count). The molecule has 11 heteroatoms. The van der Waals surface area contributed by atoms with Crippen molar-refractivity contribution in [3.8, 4) is 0 Å². The smallest absolute Gasteiger partial charge is 0.317 e. The van der Waals surface area contributed by atoms with E-state index in [2.05, 4.69) is 106 Å². The van der Waals surface area contributed by atoms with Gasteiger partial charge < -0.3 is 22.6 Å². The van der Waals surface area contributed by atoms with Crippen LogP contribution < -0.4 is 0 Å². The van der Waals surface area contributed by atoms with Gasteiger partial charge in [-0.2, -0.15) is 0 Å². The second kappa shape index (κ2) is 13.8. The van der Waals surface area contributed by atoms with Gasteiger partial charge in [0.05, 0.1) is 13.2 Å². The maximum Gasteiger partial charge on any atom is 0.317 e. The topological polar surface area (TPSA) is 68.2 Å². The van der Waals surface area contributed by atoms with Gasteiger partial charge in [0.1, 0.15) is 0 Å². The highest BCUT2D eigenvalue weighted by atomic mass is 28.5. The third kappa shape index (κ3) is 15.1. The Kier molecular flexibility index (Phi) is 14.3. The van der Waals surface area contributed by atoms with Gasteiger partial charge in [-0.15, -0.1) is 0 Å². The molecule has 0 aliphatic rings. The van der Waals surface area contributed by atoms with Crippen LogP contribution in [0, 0.1) is 5.41 Å². The molecule has 0 fully saturated rings. The predicted octanol–water partition coefficient (Wildman–Crippen LogP) is 8.38. The molecule has 0 aliphatic carbocycles. The summed E-state index contributed by atoms with van der Waals surface area (Å²) in [6, 6.07) is 0. The molecule has 0 aromatic heterocycles. The van der Waals surface area contributed by atoms with Crippen molar-refractivity contribution in [2.24, 2.45) is 5.41 Å². The maximum atomic E-state index is 10.6. The minimum atomic E-state index is -2.42. The molecular weight excluding hydrogens is 561 g/mol. The Labute approximate surface area is 238 Å². The molecule has 0 aromatic carbocycles. The molecule has 5 nitrogen and oxygen atoms in total. The molecule has 0 amide bonds. The van der Waals surface area contributed by atoms with E-state index >= 15 is 0 Å². The summed E-state index contributed by atoms with van der Waals surface area (Å²) in [5.74, 6) is 0. The Morgan fingerprint density at radius 1 is 0.568 bits per heavy atom. The van der Waals surface area contributed by atoms with Crippen LogP contribution in [-0.2, 0) is 12.3 Å². The molecule has 3 atom stereocenters. The summed E-state index contributed by atoms with van der Waals surface area (Å²) in [5, 5.41) is 21.1. The summed E-state index contributed by atoms with van der Waals surface area (Å²) in [6.45, 7) is 37.2. The monoisotopic (exact) mass is 626 g/mol. The van der Waals surface area contributed by atoms with Crippen LogP contribution in [0.15, 0.2) is 0 Å². The first-order chi connectivity index (χ1) is 16.2. The molecule has 0 bridgehead atoms. The fourth-order valence-corrected chi connectivity index (χ4v) is 36.1. The normalized spacial score (nSPS) is 18.0. The Hall–Kier alpha value is 1.10. The first-order valence-corrected chi connectivity index (χ1v) is 33.5. The van der Waals surface area contributed by atoms with Crippen LogP contribution in [-0.4, -0.2) is 73.3 Å². The summed E-state index contributed by atoms with van der Waals surface area (Å²) in [6.07, 6.45) is 3.53. The Balaban J connectivity index is 5.72.